The van der Waals surface area contributed by atoms with Gasteiger partial charge in [-0.1, -0.05) is 0 Å². The van der Waals surface area contributed by atoms with Gasteiger partial charge in [0.1, 0.15) is 12.4 Å². The molecule has 0 aliphatic heterocycles. The third-order valence-electron chi connectivity index (χ3n) is 3.90. The Bertz CT molecular complexity index is 1010. The molecule has 1 unspecified atom stereocenters. The highest BCUT2D eigenvalue weighted by Gasteiger charge is 2.28. The molecule has 0 radical (unpaired) electrons. The van der Waals surface area contributed by atoms with E-state index in [1.165, 1.54) is 6.08 Å². The molecule has 1 rings (SSSR count). The highest BCUT2D eigenvalue weighted by atomic mass is 32.2. The highest BCUT2D eigenvalue weighted by molar-refractivity contribution is 7.86. The molecule has 0 spiro atoms. The molecule has 1 aliphatic rings. The molecule has 0 aromatic heterocycles. The van der Waals surface area contributed by atoms with Gasteiger partial charge in [0.15, 0.2) is 11.5 Å². The van der Waals surface area contributed by atoms with Crippen molar-refractivity contribution in [2.24, 2.45) is 0 Å². The summed E-state index contributed by atoms with van der Waals surface area (Å²) >= 11 is 0. The molecule has 0 bridgehead atoms. The molecule has 32 heavy (non-hydrogen) atoms. The molecule has 0 aromatic rings. The summed E-state index contributed by atoms with van der Waals surface area (Å²) in [6.45, 7) is -0.488. The van der Waals surface area contributed by atoms with Gasteiger partial charge < -0.3 is 14.2 Å². The Morgan fingerprint density at radius 2 is 1.28 bits per heavy atom. The SMILES string of the molecule is O=CC1=CC(OCCCS(=O)(=O)O)=C(OCCCS(=O)(=O)O)C(OCCCS(=O)(=O)O)C1. The number of aldehydes is 1. The van der Waals surface area contributed by atoms with Crippen LogP contribution in [0.4, 0.5) is 0 Å². The molecule has 1 atom stereocenters. The van der Waals surface area contributed by atoms with Crippen LogP contribution in [0, 0.1) is 0 Å². The predicted molar refractivity (Wildman–Crippen MR) is 111 cm³/mol. The van der Waals surface area contributed by atoms with Gasteiger partial charge in [-0.15, -0.1) is 0 Å². The fourth-order valence-electron chi connectivity index (χ4n) is 2.57. The molecule has 0 saturated carbocycles. The summed E-state index contributed by atoms with van der Waals surface area (Å²) in [5.41, 5.74) is 0.236. The van der Waals surface area contributed by atoms with Crippen LogP contribution in [-0.4, -0.2) is 88.4 Å². The fourth-order valence-corrected chi connectivity index (χ4v) is 4.02. The Labute approximate surface area is 186 Å². The van der Waals surface area contributed by atoms with Crippen molar-refractivity contribution in [2.75, 3.05) is 37.1 Å². The van der Waals surface area contributed by atoms with E-state index in [4.69, 9.17) is 27.9 Å². The van der Waals surface area contributed by atoms with E-state index >= 15 is 0 Å². The van der Waals surface area contributed by atoms with Crippen LogP contribution >= 0.6 is 0 Å². The van der Waals surface area contributed by atoms with E-state index in [1.807, 2.05) is 0 Å². The summed E-state index contributed by atoms with van der Waals surface area (Å²) in [5, 5.41) is 0. The second kappa shape index (κ2) is 12.6. The first kappa shape index (κ1) is 28.5. The maximum Gasteiger partial charge on any atom is 0.264 e. The number of rotatable bonds is 16. The number of carbonyl (C=O) groups excluding carboxylic acids is 1. The van der Waals surface area contributed by atoms with Crippen molar-refractivity contribution in [2.45, 2.75) is 31.8 Å². The molecule has 0 aromatic carbocycles. The van der Waals surface area contributed by atoms with E-state index in [0.29, 0.717) is 6.29 Å². The van der Waals surface area contributed by atoms with Crippen molar-refractivity contribution >= 4 is 36.6 Å². The minimum Gasteiger partial charge on any atom is -0.491 e. The maximum absolute atomic E-state index is 11.3. The lowest BCUT2D eigenvalue weighted by Gasteiger charge is -2.27. The van der Waals surface area contributed by atoms with Gasteiger partial charge in [-0.3, -0.25) is 18.5 Å². The second-order valence-electron chi connectivity index (χ2n) is 6.74. The summed E-state index contributed by atoms with van der Waals surface area (Å²) < 4.78 is 108. The molecule has 16 heteroatoms. The standard InChI is InChI=1S/C16H26O13S3/c17-12-13-10-14(27-4-1-7-30(18,19)20)16(29-6-3-9-32(24,25)26)15(11-13)28-5-2-8-31(21,22)23/h10,12,15H,1-9,11H2,(H,18,19,20)(H,21,22,23)(H,24,25,26). The average Bonchev–Trinajstić information content (AvgIpc) is 2.64. The molecule has 0 heterocycles. The van der Waals surface area contributed by atoms with E-state index in [1.54, 1.807) is 0 Å². The Hall–Kier alpha value is -1.56. The van der Waals surface area contributed by atoms with Gasteiger partial charge in [-0.25, -0.2) is 0 Å². The first-order valence-electron chi connectivity index (χ1n) is 9.33. The fraction of sp³-hybridized carbons (Fsp3) is 0.688. The van der Waals surface area contributed by atoms with Crippen LogP contribution in [0.2, 0.25) is 0 Å². The zero-order valence-electron chi connectivity index (χ0n) is 17.0. The minimum atomic E-state index is -4.21. The number of allylic oxidation sites excluding steroid dienone is 1. The van der Waals surface area contributed by atoms with Crippen LogP contribution in [-0.2, 0) is 49.4 Å². The van der Waals surface area contributed by atoms with Gasteiger partial charge in [0.25, 0.3) is 30.4 Å². The molecule has 13 nitrogen and oxygen atoms in total. The predicted octanol–water partition coefficient (Wildman–Crippen LogP) is -0.0209. The smallest absolute Gasteiger partial charge is 0.264 e. The summed E-state index contributed by atoms with van der Waals surface area (Å²) in [5.74, 6) is -1.61. The lowest BCUT2D eigenvalue weighted by Crippen LogP contribution is -2.26. The molecular formula is C16H26O13S3. The summed E-state index contributed by atoms with van der Waals surface area (Å²) in [7, 11) is -12.6. The van der Waals surface area contributed by atoms with E-state index in [9.17, 15) is 30.0 Å². The van der Waals surface area contributed by atoms with Crippen molar-refractivity contribution in [1.29, 1.82) is 0 Å². The van der Waals surface area contributed by atoms with Crippen molar-refractivity contribution < 1.29 is 57.9 Å². The Balaban J connectivity index is 2.94. The van der Waals surface area contributed by atoms with Crippen molar-refractivity contribution in [3.63, 3.8) is 0 Å². The molecule has 0 fully saturated rings. The topological polar surface area (TPSA) is 208 Å². The zero-order chi connectivity index (χ0) is 24.4. The average molecular weight is 523 g/mol. The second-order valence-corrected chi connectivity index (χ2v) is 11.5. The van der Waals surface area contributed by atoms with E-state index in [0.717, 1.165) is 0 Å². The van der Waals surface area contributed by atoms with E-state index in [2.05, 4.69) is 0 Å². The van der Waals surface area contributed by atoms with E-state index in [-0.39, 0.29) is 62.6 Å². The van der Waals surface area contributed by atoms with Crippen molar-refractivity contribution in [3.05, 3.63) is 23.2 Å². The van der Waals surface area contributed by atoms with Gasteiger partial charge in [0.2, 0.25) is 0 Å². The van der Waals surface area contributed by atoms with Crippen LogP contribution in [0.15, 0.2) is 23.2 Å². The van der Waals surface area contributed by atoms with Crippen LogP contribution < -0.4 is 0 Å². The quantitative estimate of drug-likeness (QED) is 0.138. The first-order valence-corrected chi connectivity index (χ1v) is 14.2. The van der Waals surface area contributed by atoms with Crippen LogP contribution in [0.1, 0.15) is 25.7 Å². The molecule has 186 valence electrons. The number of hydrogen-bond donors (Lipinski definition) is 3. The van der Waals surface area contributed by atoms with Crippen LogP contribution in [0.5, 0.6) is 0 Å². The zero-order valence-corrected chi connectivity index (χ0v) is 19.4. The molecule has 0 saturated heterocycles. The van der Waals surface area contributed by atoms with Crippen LogP contribution in [0.3, 0.4) is 0 Å². The van der Waals surface area contributed by atoms with Crippen molar-refractivity contribution in [3.8, 4) is 0 Å². The first-order chi connectivity index (χ1) is 14.7. The third-order valence-corrected chi connectivity index (χ3v) is 6.31. The summed E-state index contributed by atoms with van der Waals surface area (Å²) in [6, 6.07) is 0. The van der Waals surface area contributed by atoms with Gasteiger partial charge in [-0.2, -0.15) is 25.3 Å². The van der Waals surface area contributed by atoms with Crippen molar-refractivity contribution in [1.82, 2.24) is 0 Å². The van der Waals surface area contributed by atoms with Gasteiger partial charge in [0.05, 0.1) is 30.5 Å². The van der Waals surface area contributed by atoms with Gasteiger partial charge >= 0.3 is 0 Å². The minimum absolute atomic E-state index is 0.0142. The monoisotopic (exact) mass is 522 g/mol. The van der Waals surface area contributed by atoms with E-state index < -0.39 is 53.7 Å². The van der Waals surface area contributed by atoms with Gasteiger partial charge in [-0.05, 0) is 30.9 Å². The highest BCUT2D eigenvalue weighted by Crippen LogP contribution is 2.28. The third kappa shape index (κ3) is 13.1. The normalized spacial score (nSPS) is 17.7. The number of ether oxygens (including phenoxy) is 3. The molecule has 3 N–H and O–H groups in total. The largest absolute Gasteiger partial charge is 0.491 e. The Morgan fingerprint density at radius 3 is 1.75 bits per heavy atom. The molecule has 1 aliphatic carbocycles. The summed E-state index contributed by atoms with van der Waals surface area (Å²) in [6.07, 6.45) is 0.753. The van der Waals surface area contributed by atoms with Gasteiger partial charge in [0, 0.05) is 13.0 Å². The lowest BCUT2D eigenvalue weighted by atomic mass is 10.0. The molecular weight excluding hydrogens is 496 g/mol. The Morgan fingerprint density at radius 1 is 0.812 bits per heavy atom. The molecule has 0 amide bonds. The maximum atomic E-state index is 11.3. The number of hydrogen-bond acceptors (Lipinski definition) is 10. The lowest BCUT2D eigenvalue weighted by molar-refractivity contribution is -0.105. The van der Waals surface area contributed by atoms with Crippen LogP contribution in [0.25, 0.3) is 0 Å². The summed E-state index contributed by atoms with van der Waals surface area (Å²) in [4.78, 5) is 11.3. The number of carbonyl (C=O) groups is 1. The Kier molecular flexibility index (Phi) is 11.2.